The van der Waals surface area contributed by atoms with Crippen LogP contribution >= 0.6 is 0 Å². The predicted octanol–water partition coefficient (Wildman–Crippen LogP) is 4.18. The molecular formula is C14H11F4NO. The Balaban J connectivity index is 2.15. The van der Waals surface area contributed by atoms with Crippen LogP contribution in [0.3, 0.4) is 0 Å². The molecule has 0 aliphatic rings. The minimum absolute atomic E-state index is 0.0840. The van der Waals surface area contributed by atoms with Gasteiger partial charge in [0.25, 0.3) is 0 Å². The molecule has 0 atom stereocenters. The number of para-hydroxylation sites is 2. The van der Waals surface area contributed by atoms with E-state index < -0.39 is 18.2 Å². The molecule has 0 aliphatic heterocycles. The minimum Gasteiger partial charge on any atom is -0.433 e. The second-order valence-electron chi connectivity index (χ2n) is 3.93. The zero-order chi connectivity index (χ0) is 14.5. The molecule has 106 valence electrons. The van der Waals surface area contributed by atoms with Crippen molar-refractivity contribution in [3.63, 3.8) is 0 Å². The summed E-state index contributed by atoms with van der Waals surface area (Å²) < 4.78 is 55.6. The normalized spacial score (nSPS) is 10.7. The molecule has 6 heteroatoms. The van der Waals surface area contributed by atoms with Gasteiger partial charge in [-0.2, -0.15) is 8.78 Å². The average Bonchev–Trinajstić information content (AvgIpc) is 2.39. The van der Waals surface area contributed by atoms with Gasteiger partial charge >= 0.3 is 6.61 Å². The van der Waals surface area contributed by atoms with E-state index in [1.54, 1.807) is 6.07 Å². The smallest absolute Gasteiger partial charge is 0.387 e. The number of halogens is 4. The lowest BCUT2D eigenvalue weighted by Gasteiger charge is -2.13. The molecule has 0 heterocycles. The SMILES string of the molecule is Fc1cccc(F)c1CNc1ccccc1OC(F)F. The predicted molar refractivity (Wildman–Crippen MR) is 66.8 cm³/mol. The Labute approximate surface area is 113 Å². The summed E-state index contributed by atoms with van der Waals surface area (Å²) >= 11 is 0. The van der Waals surface area contributed by atoms with Crippen molar-refractivity contribution in [2.45, 2.75) is 13.2 Å². The summed E-state index contributed by atoms with van der Waals surface area (Å²) in [6.45, 7) is -3.15. The van der Waals surface area contributed by atoms with E-state index in [2.05, 4.69) is 10.1 Å². The molecule has 0 radical (unpaired) electrons. The van der Waals surface area contributed by atoms with Gasteiger partial charge in [0.15, 0.2) is 0 Å². The second kappa shape index (κ2) is 6.27. The highest BCUT2D eigenvalue weighted by molar-refractivity contribution is 5.56. The summed E-state index contributed by atoms with van der Waals surface area (Å²) in [6.07, 6.45) is 0. The summed E-state index contributed by atoms with van der Waals surface area (Å²) in [7, 11) is 0. The molecule has 0 amide bonds. The molecular weight excluding hydrogens is 274 g/mol. The van der Waals surface area contributed by atoms with Crippen molar-refractivity contribution in [2.24, 2.45) is 0 Å². The minimum atomic E-state index is -2.97. The molecule has 2 rings (SSSR count). The molecule has 0 saturated heterocycles. The summed E-state index contributed by atoms with van der Waals surface area (Å²) in [5.41, 5.74) is 0.0646. The van der Waals surface area contributed by atoms with Gasteiger partial charge in [-0.3, -0.25) is 0 Å². The Hall–Kier alpha value is -2.24. The molecule has 0 unspecified atom stereocenters. The van der Waals surface area contributed by atoms with Crippen molar-refractivity contribution >= 4 is 5.69 Å². The van der Waals surface area contributed by atoms with Gasteiger partial charge in [0, 0.05) is 12.1 Å². The maximum Gasteiger partial charge on any atom is 0.387 e. The third-order valence-electron chi connectivity index (χ3n) is 2.62. The fraction of sp³-hybridized carbons (Fsp3) is 0.143. The quantitative estimate of drug-likeness (QED) is 0.832. The van der Waals surface area contributed by atoms with Crippen LogP contribution in [0.1, 0.15) is 5.56 Å². The zero-order valence-corrected chi connectivity index (χ0v) is 10.2. The Kier molecular flexibility index (Phi) is 4.45. The van der Waals surface area contributed by atoms with Crippen LogP contribution in [0, 0.1) is 11.6 Å². The fourth-order valence-electron chi connectivity index (χ4n) is 1.70. The maximum atomic E-state index is 13.4. The van der Waals surface area contributed by atoms with Crippen LogP contribution in [-0.2, 0) is 6.54 Å². The number of rotatable bonds is 5. The number of alkyl halides is 2. The van der Waals surface area contributed by atoms with Gasteiger partial charge in [0.1, 0.15) is 17.4 Å². The first-order chi connectivity index (χ1) is 9.58. The summed E-state index contributed by atoms with van der Waals surface area (Å²) in [6, 6.07) is 9.44. The monoisotopic (exact) mass is 285 g/mol. The van der Waals surface area contributed by atoms with Gasteiger partial charge in [-0.15, -0.1) is 0 Å². The van der Waals surface area contributed by atoms with E-state index in [1.807, 2.05) is 0 Å². The molecule has 2 aromatic rings. The number of anilines is 1. The van der Waals surface area contributed by atoms with Gasteiger partial charge in [0.2, 0.25) is 0 Å². The number of ether oxygens (including phenoxy) is 1. The lowest BCUT2D eigenvalue weighted by Crippen LogP contribution is -2.08. The van der Waals surface area contributed by atoms with E-state index in [-0.39, 0.29) is 23.5 Å². The van der Waals surface area contributed by atoms with Crippen LogP contribution in [0.4, 0.5) is 23.2 Å². The molecule has 20 heavy (non-hydrogen) atoms. The summed E-state index contributed by atoms with van der Waals surface area (Å²) in [5, 5.41) is 2.68. The highest BCUT2D eigenvalue weighted by atomic mass is 19.3. The van der Waals surface area contributed by atoms with Gasteiger partial charge in [0.05, 0.1) is 5.69 Å². The number of benzene rings is 2. The zero-order valence-electron chi connectivity index (χ0n) is 10.2. The largest absolute Gasteiger partial charge is 0.433 e. The maximum absolute atomic E-state index is 13.4. The Morgan fingerprint density at radius 1 is 0.950 bits per heavy atom. The van der Waals surface area contributed by atoms with Crippen molar-refractivity contribution in [1.29, 1.82) is 0 Å². The third-order valence-corrected chi connectivity index (χ3v) is 2.62. The first-order valence-electron chi connectivity index (χ1n) is 5.78. The van der Waals surface area contributed by atoms with Crippen molar-refractivity contribution in [2.75, 3.05) is 5.32 Å². The third kappa shape index (κ3) is 3.40. The Morgan fingerprint density at radius 3 is 2.25 bits per heavy atom. The van der Waals surface area contributed by atoms with Crippen molar-refractivity contribution in [1.82, 2.24) is 0 Å². The lowest BCUT2D eigenvalue weighted by atomic mass is 10.2. The van der Waals surface area contributed by atoms with Crippen LogP contribution in [-0.4, -0.2) is 6.61 Å². The Morgan fingerprint density at radius 2 is 1.60 bits per heavy atom. The standard InChI is InChI=1S/C14H11F4NO/c15-10-4-3-5-11(16)9(10)8-19-12-6-1-2-7-13(12)20-14(17)18/h1-7,14,19H,8H2. The highest BCUT2D eigenvalue weighted by Gasteiger charge is 2.11. The molecule has 0 saturated carbocycles. The molecule has 0 aliphatic carbocycles. The summed E-state index contributed by atoms with van der Waals surface area (Å²) in [4.78, 5) is 0. The van der Waals surface area contributed by atoms with Gasteiger partial charge in [-0.1, -0.05) is 18.2 Å². The molecule has 2 nitrogen and oxygen atoms in total. The second-order valence-corrected chi connectivity index (χ2v) is 3.93. The fourth-order valence-corrected chi connectivity index (χ4v) is 1.70. The number of hydrogen-bond acceptors (Lipinski definition) is 2. The number of hydrogen-bond donors (Lipinski definition) is 1. The highest BCUT2D eigenvalue weighted by Crippen LogP contribution is 2.26. The van der Waals surface area contributed by atoms with Crippen LogP contribution in [0.15, 0.2) is 42.5 Å². The van der Waals surface area contributed by atoms with Crippen molar-refractivity contribution in [3.05, 3.63) is 59.7 Å². The van der Waals surface area contributed by atoms with E-state index in [9.17, 15) is 17.6 Å². The van der Waals surface area contributed by atoms with E-state index in [1.165, 1.54) is 24.3 Å². The molecule has 0 spiro atoms. The topological polar surface area (TPSA) is 21.3 Å². The van der Waals surface area contributed by atoms with Gasteiger partial charge in [-0.05, 0) is 24.3 Å². The first-order valence-corrected chi connectivity index (χ1v) is 5.78. The average molecular weight is 285 g/mol. The summed E-state index contributed by atoms with van der Waals surface area (Å²) in [5.74, 6) is -1.49. The van der Waals surface area contributed by atoms with E-state index in [0.717, 1.165) is 12.1 Å². The lowest BCUT2D eigenvalue weighted by molar-refractivity contribution is -0.0493. The van der Waals surface area contributed by atoms with E-state index >= 15 is 0 Å². The number of nitrogens with one attached hydrogen (secondary N) is 1. The van der Waals surface area contributed by atoms with E-state index in [0.29, 0.717) is 0 Å². The van der Waals surface area contributed by atoms with Crippen LogP contribution in [0.2, 0.25) is 0 Å². The molecule has 2 aromatic carbocycles. The molecule has 0 bridgehead atoms. The Bertz CT molecular complexity index is 569. The van der Waals surface area contributed by atoms with Gasteiger partial charge < -0.3 is 10.1 Å². The van der Waals surface area contributed by atoms with E-state index in [4.69, 9.17) is 0 Å². The molecule has 0 fully saturated rings. The van der Waals surface area contributed by atoms with Gasteiger partial charge in [-0.25, -0.2) is 8.78 Å². The van der Waals surface area contributed by atoms with Crippen LogP contribution in [0.25, 0.3) is 0 Å². The van der Waals surface area contributed by atoms with Crippen molar-refractivity contribution in [3.8, 4) is 5.75 Å². The van der Waals surface area contributed by atoms with Crippen LogP contribution < -0.4 is 10.1 Å². The molecule has 1 N–H and O–H groups in total. The van der Waals surface area contributed by atoms with Crippen molar-refractivity contribution < 1.29 is 22.3 Å². The first kappa shape index (κ1) is 14.2. The molecule has 0 aromatic heterocycles. The van der Waals surface area contributed by atoms with Crippen LogP contribution in [0.5, 0.6) is 5.75 Å².